The number of benzene rings is 1. The van der Waals surface area contributed by atoms with E-state index in [4.69, 9.17) is 11.6 Å². The number of carbonyl (C=O) groups excluding carboxylic acids is 1. The minimum atomic E-state index is -3.04. The summed E-state index contributed by atoms with van der Waals surface area (Å²) in [5.41, 5.74) is -0.849. The van der Waals surface area contributed by atoms with Crippen molar-refractivity contribution in [2.24, 2.45) is 0 Å². The summed E-state index contributed by atoms with van der Waals surface area (Å²) in [6, 6.07) is 9.30. The lowest BCUT2D eigenvalue weighted by atomic mass is 10.2. The number of carbonyl (C=O) groups is 1. The van der Waals surface area contributed by atoms with Gasteiger partial charge < -0.3 is 4.90 Å². The van der Waals surface area contributed by atoms with E-state index in [1.165, 1.54) is 0 Å². The fraction of sp³-hybridized carbons (Fsp3) is 0.350. The third-order valence-electron chi connectivity index (χ3n) is 5.15. The molecule has 2 aromatic heterocycles. The van der Waals surface area contributed by atoms with Gasteiger partial charge >= 0.3 is 0 Å². The van der Waals surface area contributed by atoms with E-state index in [-0.39, 0.29) is 11.3 Å². The van der Waals surface area contributed by atoms with Crippen LogP contribution in [0.15, 0.2) is 36.4 Å². The summed E-state index contributed by atoms with van der Waals surface area (Å²) in [7, 11) is 0. The van der Waals surface area contributed by atoms with Crippen molar-refractivity contribution in [3.8, 4) is 0 Å². The van der Waals surface area contributed by atoms with Crippen LogP contribution in [-0.4, -0.2) is 56.5 Å². The van der Waals surface area contributed by atoms with E-state index < -0.39 is 30.1 Å². The largest absolute Gasteiger partial charge is 0.335 e. The number of rotatable bonds is 5. The third kappa shape index (κ3) is 4.49. The Morgan fingerprint density at radius 2 is 1.74 bits per heavy atom. The number of amides is 1. The molecule has 11 heteroatoms. The standard InChI is InChI=1S/C20H18ClF4N5O/c21-13-4-2-1-3-12(13)11-28-5-7-29(8-6-28)20(31)15-10-17-26-14(18(22)23)9-16(19(24)25)30(17)27-15/h1-4,9-10,18-19H,5-8,11H2. The van der Waals surface area contributed by atoms with Gasteiger partial charge in [0.1, 0.15) is 11.4 Å². The number of fused-ring (bicyclic) bond motifs is 1. The zero-order valence-electron chi connectivity index (χ0n) is 16.2. The van der Waals surface area contributed by atoms with Crippen molar-refractivity contribution < 1.29 is 22.4 Å². The Morgan fingerprint density at radius 3 is 2.39 bits per heavy atom. The predicted octanol–water partition coefficient (Wildman–Crippen LogP) is 4.22. The maximum absolute atomic E-state index is 13.3. The predicted molar refractivity (Wildman–Crippen MR) is 106 cm³/mol. The minimum absolute atomic E-state index is 0.111. The number of nitrogens with zero attached hydrogens (tertiary/aromatic N) is 5. The first-order valence-electron chi connectivity index (χ1n) is 9.55. The van der Waals surface area contributed by atoms with Crippen molar-refractivity contribution in [3.05, 3.63) is 64.1 Å². The molecule has 0 atom stereocenters. The second kappa shape index (κ2) is 8.80. The smallest absolute Gasteiger partial charge is 0.280 e. The van der Waals surface area contributed by atoms with Crippen molar-refractivity contribution in [1.82, 2.24) is 24.4 Å². The van der Waals surface area contributed by atoms with Gasteiger partial charge in [0.15, 0.2) is 11.3 Å². The Kier molecular flexibility index (Phi) is 6.10. The molecule has 0 radical (unpaired) electrons. The molecular weight excluding hydrogens is 438 g/mol. The molecule has 0 spiro atoms. The summed E-state index contributed by atoms with van der Waals surface area (Å²) in [6.45, 7) is 2.66. The molecule has 0 aliphatic carbocycles. The van der Waals surface area contributed by atoms with Gasteiger partial charge in [-0.05, 0) is 17.7 Å². The van der Waals surface area contributed by atoms with Gasteiger partial charge in [0, 0.05) is 43.8 Å². The van der Waals surface area contributed by atoms with Crippen molar-refractivity contribution in [2.75, 3.05) is 26.2 Å². The van der Waals surface area contributed by atoms with E-state index in [2.05, 4.69) is 15.0 Å². The molecule has 1 saturated heterocycles. The Morgan fingerprint density at radius 1 is 1.03 bits per heavy atom. The molecule has 0 bridgehead atoms. The molecule has 1 amide bonds. The van der Waals surface area contributed by atoms with Crippen molar-refractivity contribution >= 4 is 23.2 Å². The van der Waals surface area contributed by atoms with Crippen LogP contribution in [0.4, 0.5) is 17.6 Å². The number of hydrogen-bond donors (Lipinski definition) is 0. The normalized spacial score (nSPS) is 15.4. The zero-order chi connectivity index (χ0) is 22.1. The SMILES string of the molecule is O=C(c1cc2nc(C(F)F)cc(C(F)F)n2n1)N1CCN(Cc2ccccc2Cl)CC1. The monoisotopic (exact) mass is 455 g/mol. The van der Waals surface area contributed by atoms with Crippen LogP contribution in [0.3, 0.4) is 0 Å². The molecule has 31 heavy (non-hydrogen) atoms. The lowest BCUT2D eigenvalue weighted by Gasteiger charge is -2.34. The van der Waals surface area contributed by atoms with Crippen LogP contribution < -0.4 is 0 Å². The topological polar surface area (TPSA) is 53.7 Å². The molecule has 0 unspecified atom stereocenters. The van der Waals surface area contributed by atoms with Crippen molar-refractivity contribution in [2.45, 2.75) is 19.4 Å². The molecule has 6 nitrogen and oxygen atoms in total. The summed E-state index contributed by atoms with van der Waals surface area (Å²) in [5.74, 6) is -0.457. The van der Waals surface area contributed by atoms with E-state index in [1.54, 1.807) is 4.90 Å². The van der Waals surface area contributed by atoms with Gasteiger partial charge in [-0.25, -0.2) is 27.1 Å². The average Bonchev–Trinajstić information content (AvgIpc) is 3.18. The molecule has 1 aliphatic rings. The van der Waals surface area contributed by atoms with Crippen LogP contribution in [0.25, 0.3) is 5.65 Å². The van der Waals surface area contributed by atoms with Crippen LogP contribution in [0.5, 0.6) is 0 Å². The summed E-state index contributed by atoms with van der Waals surface area (Å²) < 4.78 is 53.3. The van der Waals surface area contributed by atoms with E-state index >= 15 is 0 Å². The number of alkyl halides is 4. The Labute approximate surface area is 180 Å². The van der Waals surface area contributed by atoms with Gasteiger partial charge in [-0.2, -0.15) is 5.10 Å². The number of hydrogen-bond acceptors (Lipinski definition) is 4. The molecule has 164 valence electrons. The van der Waals surface area contributed by atoms with Gasteiger partial charge in [0.25, 0.3) is 18.8 Å². The highest BCUT2D eigenvalue weighted by atomic mass is 35.5. The maximum Gasteiger partial charge on any atom is 0.280 e. The number of piperazine rings is 1. The van der Waals surface area contributed by atoms with E-state index in [0.29, 0.717) is 43.8 Å². The van der Waals surface area contributed by atoms with Gasteiger partial charge in [-0.15, -0.1) is 0 Å². The van der Waals surface area contributed by atoms with Crippen LogP contribution in [-0.2, 0) is 6.54 Å². The van der Waals surface area contributed by atoms with Crippen molar-refractivity contribution in [1.29, 1.82) is 0 Å². The molecule has 3 aromatic rings. The first-order chi connectivity index (χ1) is 14.8. The highest BCUT2D eigenvalue weighted by Crippen LogP contribution is 2.26. The lowest BCUT2D eigenvalue weighted by Crippen LogP contribution is -2.48. The quantitative estimate of drug-likeness (QED) is 0.541. The third-order valence-corrected chi connectivity index (χ3v) is 5.52. The lowest BCUT2D eigenvalue weighted by molar-refractivity contribution is 0.0621. The summed E-state index contributed by atoms with van der Waals surface area (Å²) in [5, 5.41) is 4.59. The highest BCUT2D eigenvalue weighted by molar-refractivity contribution is 6.31. The summed E-state index contributed by atoms with van der Waals surface area (Å²) in [6.07, 6.45) is -6.05. The molecule has 1 aliphatic heterocycles. The Hall–Kier alpha value is -2.72. The molecule has 0 saturated carbocycles. The number of aromatic nitrogens is 3. The average molecular weight is 456 g/mol. The fourth-order valence-electron chi connectivity index (χ4n) is 3.53. The number of halogens is 5. The first kappa shape index (κ1) is 21.5. The van der Waals surface area contributed by atoms with Gasteiger partial charge in [-0.1, -0.05) is 29.8 Å². The molecule has 1 fully saturated rings. The molecular formula is C20H18ClF4N5O. The minimum Gasteiger partial charge on any atom is -0.335 e. The second-order valence-corrected chi connectivity index (χ2v) is 7.57. The fourth-order valence-corrected chi connectivity index (χ4v) is 3.72. The molecule has 1 aromatic carbocycles. The second-order valence-electron chi connectivity index (χ2n) is 7.17. The Bertz CT molecular complexity index is 1100. The zero-order valence-corrected chi connectivity index (χ0v) is 16.9. The van der Waals surface area contributed by atoms with E-state index in [0.717, 1.165) is 16.1 Å². The molecule has 3 heterocycles. The van der Waals surface area contributed by atoms with Crippen LogP contribution in [0.1, 0.15) is 40.3 Å². The summed E-state index contributed by atoms with van der Waals surface area (Å²) in [4.78, 5) is 20.2. The maximum atomic E-state index is 13.3. The van der Waals surface area contributed by atoms with E-state index in [9.17, 15) is 22.4 Å². The Balaban J connectivity index is 1.49. The van der Waals surface area contributed by atoms with Gasteiger partial charge in [-0.3, -0.25) is 9.69 Å². The van der Waals surface area contributed by atoms with Crippen LogP contribution in [0.2, 0.25) is 5.02 Å². The van der Waals surface area contributed by atoms with Crippen molar-refractivity contribution in [3.63, 3.8) is 0 Å². The van der Waals surface area contributed by atoms with Gasteiger partial charge in [0.2, 0.25) is 0 Å². The first-order valence-corrected chi connectivity index (χ1v) is 9.93. The van der Waals surface area contributed by atoms with Gasteiger partial charge in [0.05, 0.1) is 0 Å². The molecule has 4 rings (SSSR count). The van der Waals surface area contributed by atoms with E-state index in [1.807, 2.05) is 24.3 Å². The summed E-state index contributed by atoms with van der Waals surface area (Å²) >= 11 is 6.20. The molecule has 0 N–H and O–H groups in total. The van der Waals surface area contributed by atoms with Crippen LogP contribution in [0, 0.1) is 0 Å². The highest BCUT2D eigenvalue weighted by Gasteiger charge is 2.26. The van der Waals surface area contributed by atoms with Crippen LogP contribution >= 0.6 is 11.6 Å².